The molecule has 2 fully saturated rings. The van der Waals surface area contributed by atoms with Crippen molar-refractivity contribution in [2.24, 2.45) is 0 Å². The number of ether oxygens (including phenoxy) is 2. The fraction of sp³-hybridized carbons (Fsp3) is 0.480. The van der Waals surface area contributed by atoms with Crippen LogP contribution < -0.4 is 9.64 Å². The third-order valence-corrected chi connectivity index (χ3v) is 6.08. The first-order valence-corrected chi connectivity index (χ1v) is 11.3. The van der Waals surface area contributed by atoms with Crippen LogP contribution in [0.5, 0.6) is 5.75 Å². The molecule has 32 heavy (non-hydrogen) atoms. The summed E-state index contributed by atoms with van der Waals surface area (Å²) in [7, 11) is 1.61. The normalized spacial score (nSPS) is 18.3. The minimum Gasteiger partial charge on any atom is -0.487 e. The van der Waals surface area contributed by atoms with E-state index in [0.29, 0.717) is 62.3 Å². The molecule has 0 N–H and O–H groups in total. The van der Waals surface area contributed by atoms with Crippen LogP contribution in [0.3, 0.4) is 0 Å². The zero-order valence-corrected chi connectivity index (χ0v) is 18.8. The van der Waals surface area contributed by atoms with E-state index in [1.807, 2.05) is 48.2 Å². The van der Waals surface area contributed by atoms with Gasteiger partial charge in [-0.1, -0.05) is 30.3 Å². The first-order valence-electron chi connectivity index (χ1n) is 11.3. The molecule has 1 atom stereocenters. The van der Waals surface area contributed by atoms with Crippen LogP contribution in [0.25, 0.3) is 0 Å². The molecule has 1 aromatic heterocycles. The summed E-state index contributed by atoms with van der Waals surface area (Å²) in [6, 6.07) is 14.2. The number of carbonyl (C=O) groups excluding carboxylic acids is 1. The van der Waals surface area contributed by atoms with Gasteiger partial charge in [0.05, 0.1) is 24.3 Å². The van der Waals surface area contributed by atoms with Crippen molar-refractivity contribution in [3.63, 3.8) is 0 Å². The Labute approximate surface area is 189 Å². The van der Waals surface area contributed by atoms with Crippen molar-refractivity contribution in [2.75, 3.05) is 38.3 Å². The van der Waals surface area contributed by atoms with Crippen molar-refractivity contribution in [2.45, 2.75) is 44.8 Å². The number of methoxy groups -OCH3 is 1. The number of aromatic nitrogens is 1. The number of piperazine rings is 1. The fourth-order valence-corrected chi connectivity index (χ4v) is 4.18. The molecule has 1 unspecified atom stereocenters. The van der Waals surface area contributed by atoms with Crippen LogP contribution in [0.1, 0.15) is 48.9 Å². The van der Waals surface area contributed by atoms with Gasteiger partial charge in [0.15, 0.2) is 0 Å². The number of anilines is 1. The molecule has 1 saturated heterocycles. The van der Waals surface area contributed by atoms with Crippen molar-refractivity contribution >= 4 is 11.7 Å². The molecule has 7 nitrogen and oxygen atoms in total. The zero-order chi connectivity index (χ0) is 22.5. The second kappa shape index (κ2) is 10.0. The number of hydrogen-bond donors (Lipinski definition) is 0. The number of pyridine rings is 1. The number of amides is 1. The highest BCUT2D eigenvalue weighted by Gasteiger charge is 2.33. The van der Waals surface area contributed by atoms with E-state index in [9.17, 15) is 10.1 Å². The Morgan fingerprint density at radius 2 is 2.03 bits per heavy atom. The SMILES string of the molecule is COCCC(=O)N1CCN(c2nc(C3CC3)c(OCc3ccccc3)cc2C#N)CC1C. The molecule has 1 saturated carbocycles. The maximum Gasteiger partial charge on any atom is 0.225 e. The topological polar surface area (TPSA) is 78.7 Å². The summed E-state index contributed by atoms with van der Waals surface area (Å²) in [5.74, 6) is 1.91. The van der Waals surface area contributed by atoms with Gasteiger partial charge in [-0.15, -0.1) is 0 Å². The number of carbonyl (C=O) groups is 1. The molecular formula is C25H30N4O3. The molecular weight excluding hydrogens is 404 g/mol. The lowest BCUT2D eigenvalue weighted by atomic mass is 10.1. The van der Waals surface area contributed by atoms with Crippen LogP contribution in [0, 0.1) is 11.3 Å². The molecule has 2 aliphatic rings. The van der Waals surface area contributed by atoms with E-state index < -0.39 is 0 Å². The van der Waals surface area contributed by atoms with E-state index in [2.05, 4.69) is 11.0 Å². The molecule has 168 valence electrons. The quantitative estimate of drug-likeness (QED) is 0.633. The summed E-state index contributed by atoms with van der Waals surface area (Å²) in [4.78, 5) is 21.5. The molecule has 7 heteroatoms. The van der Waals surface area contributed by atoms with E-state index in [1.165, 1.54) is 0 Å². The van der Waals surface area contributed by atoms with Gasteiger partial charge < -0.3 is 19.3 Å². The molecule has 1 aromatic carbocycles. The lowest BCUT2D eigenvalue weighted by Gasteiger charge is -2.40. The van der Waals surface area contributed by atoms with E-state index in [-0.39, 0.29) is 11.9 Å². The Hall–Kier alpha value is -3.11. The predicted octanol–water partition coefficient (Wildman–Crippen LogP) is 3.48. The molecule has 4 rings (SSSR count). The zero-order valence-electron chi connectivity index (χ0n) is 18.8. The number of hydrogen-bond acceptors (Lipinski definition) is 6. The standard InChI is InChI=1S/C25H30N4O3/c1-18-16-28(11-12-29(18)23(30)10-13-31-2)25-21(15-26)14-22(24(27-25)20-8-9-20)32-17-19-6-4-3-5-7-19/h3-7,14,18,20H,8-13,16-17H2,1-2H3. The third kappa shape index (κ3) is 5.03. The van der Waals surface area contributed by atoms with Crippen LogP contribution in [0.4, 0.5) is 5.82 Å². The highest BCUT2D eigenvalue weighted by atomic mass is 16.5. The monoisotopic (exact) mass is 434 g/mol. The number of rotatable bonds is 8. The van der Waals surface area contributed by atoms with Crippen LogP contribution in [0.2, 0.25) is 0 Å². The van der Waals surface area contributed by atoms with E-state index in [0.717, 1.165) is 24.1 Å². The summed E-state index contributed by atoms with van der Waals surface area (Å²) >= 11 is 0. The Balaban J connectivity index is 1.52. The lowest BCUT2D eigenvalue weighted by molar-refractivity contribution is -0.134. The molecule has 1 aliphatic carbocycles. The van der Waals surface area contributed by atoms with Gasteiger partial charge >= 0.3 is 0 Å². The van der Waals surface area contributed by atoms with Gasteiger partial charge in [-0.2, -0.15) is 5.26 Å². The van der Waals surface area contributed by atoms with Crippen molar-refractivity contribution in [1.82, 2.24) is 9.88 Å². The Kier molecular flexibility index (Phi) is 6.91. The van der Waals surface area contributed by atoms with Gasteiger partial charge in [0.25, 0.3) is 0 Å². The average molecular weight is 435 g/mol. The summed E-state index contributed by atoms with van der Waals surface area (Å²) in [6.07, 6.45) is 2.58. The summed E-state index contributed by atoms with van der Waals surface area (Å²) < 4.78 is 11.2. The molecule has 1 aliphatic heterocycles. The first-order chi connectivity index (χ1) is 15.6. The van der Waals surface area contributed by atoms with Gasteiger partial charge in [0.2, 0.25) is 5.91 Å². The Bertz CT molecular complexity index is 985. The predicted molar refractivity (Wildman–Crippen MR) is 122 cm³/mol. The second-order valence-corrected chi connectivity index (χ2v) is 8.53. The number of benzene rings is 1. The fourth-order valence-electron chi connectivity index (χ4n) is 4.18. The molecule has 0 spiro atoms. The summed E-state index contributed by atoms with van der Waals surface area (Å²) in [6.45, 7) is 4.84. The molecule has 0 radical (unpaired) electrons. The maximum atomic E-state index is 12.5. The minimum atomic E-state index is 0.0415. The van der Waals surface area contributed by atoms with Crippen LogP contribution in [-0.2, 0) is 16.1 Å². The van der Waals surface area contributed by atoms with Crippen molar-refractivity contribution in [3.8, 4) is 11.8 Å². The van der Waals surface area contributed by atoms with Crippen molar-refractivity contribution < 1.29 is 14.3 Å². The third-order valence-electron chi connectivity index (χ3n) is 6.08. The van der Waals surface area contributed by atoms with Gasteiger partial charge in [-0.25, -0.2) is 4.98 Å². The van der Waals surface area contributed by atoms with Crippen LogP contribution >= 0.6 is 0 Å². The van der Waals surface area contributed by atoms with Crippen molar-refractivity contribution in [3.05, 3.63) is 53.2 Å². The molecule has 2 heterocycles. The van der Waals surface area contributed by atoms with Crippen LogP contribution in [-0.4, -0.2) is 55.2 Å². The molecule has 2 aromatic rings. The highest BCUT2D eigenvalue weighted by molar-refractivity contribution is 5.77. The largest absolute Gasteiger partial charge is 0.487 e. The van der Waals surface area contributed by atoms with Crippen LogP contribution in [0.15, 0.2) is 36.4 Å². The van der Waals surface area contributed by atoms with Gasteiger partial charge in [0.1, 0.15) is 24.2 Å². The summed E-state index contributed by atoms with van der Waals surface area (Å²) in [5, 5.41) is 9.86. The number of nitriles is 1. The molecule has 1 amide bonds. The Morgan fingerprint density at radius 3 is 2.69 bits per heavy atom. The lowest BCUT2D eigenvalue weighted by Crippen LogP contribution is -2.54. The van der Waals surface area contributed by atoms with Gasteiger partial charge in [-0.05, 0) is 25.3 Å². The van der Waals surface area contributed by atoms with Crippen molar-refractivity contribution in [1.29, 1.82) is 5.26 Å². The minimum absolute atomic E-state index is 0.0415. The number of nitrogens with zero attached hydrogens (tertiary/aromatic N) is 4. The molecule has 0 bridgehead atoms. The highest BCUT2D eigenvalue weighted by Crippen LogP contribution is 2.45. The maximum absolute atomic E-state index is 12.5. The second-order valence-electron chi connectivity index (χ2n) is 8.53. The summed E-state index contributed by atoms with van der Waals surface area (Å²) in [5.41, 5.74) is 2.55. The van der Waals surface area contributed by atoms with Gasteiger partial charge in [0, 0.05) is 44.8 Å². The first kappa shape index (κ1) is 22.1. The Morgan fingerprint density at radius 1 is 1.25 bits per heavy atom. The average Bonchev–Trinajstić information content (AvgIpc) is 3.66. The smallest absolute Gasteiger partial charge is 0.225 e. The van der Waals surface area contributed by atoms with E-state index >= 15 is 0 Å². The van der Waals surface area contributed by atoms with E-state index in [4.69, 9.17) is 14.5 Å². The van der Waals surface area contributed by atoms with Gasteiger partial charge in [-0.3, -0.25) is 4.79 Å². The van der Waals surface area contributed by atoms with E-state index in [1.54, 1.807) is 7.11 Å².